The summed E-state index contributed by atoms with van der Waals surface area (Å²) >= 11 is 1.21. The predicted molar refractivity (Wildman–Crippen MR) is 86.6 cm³/mol. The van der Waals surface area contributed by atoms with Gasteiger partial charge in [0.1, 0.15) is 6.10 Å². The molecular weight excluding hydrogens is 316 g/mol. The molecule has 1 fully saturated rings. The Morgan fingerprint density at radius 2 is 2.22 bits per heavy atom. The number of nitrogens with zero attached hydrogens (tertiary/aromatic N) is 2. The fourth-order valence-electron chi connectivity index (χ4n) is 2.37. The lowest BCUT2D eigenvalue weighted by Crippen LogP contribution is -2.22. The molecule has 0 bridgehead atoms. The molecule has 2 atom stereocenters. The lowest BCUT2D eigenvalue weighted by Gasteiger charge is -2.14. The number of benzene rings is 1. The third kappa shape index (κ3) is 4.04. The van der Waals surface area contributed by atoms with E-state index in [9.17, 15) is 4.79 Å². The second-order valence-corrected chi connectivity index (χ2v) is 6.06. The first-order valence-corrected chi connectivity index (χ1v) is 8.17. The summed E-state index contributed by atoms with van der Waals surface area (Å²) in [6.45, 7) is 1.75. The molecule has 0 aliphatic carbocycles. The van der Waals surface area contributed by atoms with Gasteiger partial charge in [0, 0.05) is 13.7 Å². The van der Waals surface area contributed by atoms with Crippen LogP contribution in [0.4, 0.5) is 5.13 Å². The maximum absolute atomic E-state index is 12.3. The molecule has 122 valence electrons. The van der Waals surface area contributed by atoms with Crippen LogP contribution in [0.15, 0.2) is 30.3 Å². The third-order valence-electron chi connectivity index (χ3n) is 3.50. The van der Waals surface area contributed by atoms with E-state index < -0.39 is 6.10 Å². The lowest BCUT2D eigenvalue weighted by molar-refractivity contribution is -0.126. The maximum Gasteiger partial charge on any atom is 0.296 e. The van der Waals surface area contributed by atoms with Gasteiger partial charge in [-0.1, -0.05) is 35.4 Å². The average molecular weight is 334 g/mol. The van der Waals surface area contributed by atoms with Crippen molar-refractivity contribution in [3.63, 3.8) is 0 Å². The first-order chi connectivity index (χ1) is 11.3. The van der Waals surface area contributed by atoms with E-state index in [-0.39, 0.29) is 12.0 Å². The zero-order valence-corrected chi connectivity index (χ0v) is 13.5. The van der Waals surface area contributed by atoms with Gasteiger partial charge in [0.25, 0.3) is 11.1 Å². The number of carbonyl (C=O) groups is 1. The number of aromatic nitrogens is 2. The van der Waals surface area contributed by atoms with Crippen molar-refractivity contribution in [2.75, 3.05) is 25.5 Å². The summed E-state index contributed by atoms with van der Waals surface area (Å²) in [5.41, 5.74) is 0.783. The van der Waals surface area contributed by atoms with Gasteiger partial charge in [-0.15, -0.1) is 5.10 Å². The topological polar surface area (TPSA) is 85.4 Å². The number of rotatable bonds is 6. The lowest BCUT2D eigenvalue weighted by atomic mass is 10.1. The van der Waals surface area contributed by atoms with Gasteiger partial charge >= 0.3 is 0 Å². The van der Waals surface area contributed by atoms with E-state index in [1.54, 1.807) is 0 Å². The summed E-state index contributed by atoms with van der Waals surface area (Å²) in [7, 11) is 1.50. The van der Waals surface area contributed by atoms with Crippen LogP contribution in [-0.4, -0.2) is 42.4 Å². The maximum atomic E-state index is 12.3. The minimum atomic E-state index is -0.691. The molecule has 0 spiro atoms. The molecule has 1 amide bonds. The minimum absolute atomic E-state index is 0.113. The van der Waals surface area contributed by atoms with Gasteiger partial charge in [0.05, 0.1) is 0 Å². The number of hydrogen-bond acceptors (Lipinski definition) is 7. The fraction of sp³-hybridized carbons (Fsp3) is 0.400. The van der Waals surface area contributed by atoms with E-state index in [1.165, 1.54) is 18.4 Å². The molecular formula is C15H18N4O3S. The summed E-state index contributed by atoms with van der Waals surface area (Å²) < 4.78 is 11.0. The van der Waals surface area contributed by atoms with Crippen molar-refractivity contribution >= 4 is 22.4 Å². The van der Waals surface area contributed by atoms with Crippen molar-refractivity contribution in [2.24, 2.45) is 0 Å². The SMILES string of the molecule is CO[C@H](C(=O)Nc1nnc(O[C@@H]2CCNC2)s1)c1ccccc1. The Balaban J connectivity index is 1.61. The molecule has 1 aromatic heterocycles. The molecule has 0 radical (unpaired) electrons. The Kier molecular flexibility index (Phi) is 5.16. The number of ether oxygens (including phenoxy) is 2. The van der Waals surface area contributed by atoms with Crippen LogP contribution in [-0.2, 0) is 9.53 Å². The van der Waals surface area contributed by atoms with Crippen LogP contribution in [0.5, 0.6) is 5.19 Å². The Labute approximate surface area is 138 Å². The van der Waals surface area contributed by atoms with Crippen LogP contribution >= 0.6 is 11.3 Å². The Morgan fingerprint density at radius 3 is 2.91 bits per heavy atom. The quantitative estimate of drug-likeness (QED) is 0.835. The molecule has 0 saturated carbocycles. The molecule has 7 nitrogen and oxygen atoms in total. The van der Waals surface area contributed by atoms with E-state index in [1.807, 2.05) is 30.3 Å². The van der Waals surface area contributed by atoms with E-state index in [0.717, 1.165) is 25.1 Å². The van der Waals surface area contributed by atoms with E-state index >= 15 is 0 Å². The third-order valence-corrected chi connectivity index (χ3v) is 4.22. The highest BCUT2D eigenvalue weighted by molar-refractivity contribution is 7.17. The molecule has 23 heavy (non-hydrogen) atoms. The molecule has 0 unspecified atom stereocenters. The van der Waals surface area contributed by atoms with Gasteiger partial charge in [-0.25, -0.2) is 0 Å². The zero-order valence-electron chi connectivity index (χ0n) is 12.7. The molecule has 1 aromatic carbocycles. The van der Waals surface area contributed by atoms with Gasteiger partial charge < -0.3 is 14.8 Å². The summed E-state index contributed by atoms with van der Waals surface area (Å²) in [6, 6.07) is 9.30. The van der Waals surface area contributed by atoms with Gasteiger partial charge in [-0.05, 0) is 29.9 Å². The van der Waals surface area contributed by atoms with Gasteiger partial charge in [-0.3, -0.25) is 10.1 Å². The second kappa shape index (κ2) is 7.49. The first-order valence-electron chi connectivity index (χ1n) is 7.36. The van der Waals surface area contributed by atoms with Crippen molar-refractivity contribution in [2.45, 2.75) is 18.6 Å². The second-order valence-electron chi connectivity index (χ2n) is 5.12. The van der Waals surface area contributed by atoms with Crippen LogP contribution in [0.25, 0.3) is 0 Å². The average Bonchev–Trinajstić information content (AvgIpc) is 3.22. The van der Waals surface area contributed by atoms with Crippen molar-refractivity contribution in [1.82, 2.24) is 15.5 Å². The molecule has 2 aromatic rings. The molecule has 8 heteroatoms. The number of amides is 1. The smallest absolute Gasteiger partial charge is 0.296 e. The fourth-order valence-corrected chi connectivity index (χ4v) is 3.04. The first kappa shape index (κ1) is 15.9. The number of hydrogen-bond donors (Lipinski definition) is 2. The number of anilines is 1. The Hall–Kier alpha value is -2.03. The van der Waals surface area contributed by atoms with Crippen molar-refractivity contribution in [3.8, 4) is 5.19 Å². The normalized spacial score (nSPS) is 18.6. The number of nitrogens with one attached hydrogen (secondary N) is 2. The summed E-state index contributed by atoms with van der Waals surface area (Å²) in [5, 5.41) is 14.7. The summed E-state index contributed by atoms with van der Waals surface area (Å²) in [4.78, 5) is 12.3. The zero-order chi connectivity index (χ0) is 16.1. The van der Waals surface area contributed by atoms with E-state index in [2.05, 4.69) is 20.8 Å². The van der Waals surface area contributed by atoms with Gasteiger partial charge in [0.2, 0.25) is 5.13 Å². The predicted octanol–water partition coefficient (Wildman–Crippen LogP) is 1.60. The Morgan fingerprint density at radius 1 is 1.39 bits per heavy atom. The Bertz CT molecular complexity index is 643. The minimum Gasteiger partial charge on any atom is -0.464 e. The van der Waals surface area contributed by atoms with Gasteiger partial charge in [0.15, 0.2) is 6.10 Å². The molecule has 1 saturated heterocycles. The van der Waals surface area contributed by atoms with Gasteiger partial charge in [-0.2, -0.15) is 0 Å². The monoisotopic (exact) mass is 334 g/mol. The highest BCUT2D eigenvalue weighted by Gasteiger charge is 2.22. The van der Waals surface area contributed by atoms with E-state index in [4.69, 9.17) is 9.47 Å². The standard InChI is InChI=1S/C15H18N4O3S/c1-21-12(10-5-3-2-4-6-10)13(20)17-14-18-19-15(23-14)22-11-7-8-16-9-11/h2-6,11-12,16H,7-9H2,1H3,(H,17,18,20)/t11-,12+/m1/s1. The number of carbonyl (C=O) groups excluding carboxylic acids is 1. The van der Waals surface area contributed by atoms with Crippen LogP contribution in [0, 0.1) is 0 Å². The highest BCUT2D eigenvalue weighted by atomic mass is 32.1. The summed E-state index contributed by atoms with van der Waals surface area (Å²) in [5.74, 6) is -0.288. The number of methoxy groups -OCH3 is 1. The molecule has 2 N–H and O–H groups in total. The van der Waals surface area contributed by atoms with Crippen LogP contribution < -0.4 is 15.4 Å². The van der Waals surface area contributed by atoms with Crippen molar-refractivity contribution in [1.29, 1.82) is 0 Å². The van der Waals surface area contributed by atoms with Crippen molar-refractivity contribution in [3.05, 3.63) is 35.9 Å². The van der Waals surface area contributed by atoms with Crippen LogP contribution in [0.3, 0.4) is 0 Å². The molecule has 1 aliphatic rings. The van der Waals surface area contributed by atoms with Crippen LogP contribution in [0.2, 0.25) is 0 Å². The van der Waals surface area contributed by atoms with E-state index in [0.29, 0.717) is 10.3 Å². The largest absolute Gasteiger partial charge is 0.464 e. The molecule has 2 heterocycles. The molecule has 3 rings (SSSR count). The van der Waals surface area contributed by atoms with Crippen molar-refractivity contribution < 1.29 is 14.3 Å². The molecule has 1 aliphatic heterocycles. The highest BCUT2D eigenvalue weighted by Crippen LogP contribution is 2.26. The van der Waals surface area contributed by atoms with Crippen LogP contribution in [0.1, 0.15) is 18.1 Å². The summed E-state index contributed by atoms with van der Waals surface area (Å²) in [6.07, 6.45) is 0.368.